The van der Waals surface area contributed by atoms with E-state index < -0.39 is 18.0 Å². The first-order valence-corrected chi connectivity index (χ1v) is 9.10. The van der Waals surface area contributed by atoms with E-state index in [0.717, 1.165) is 24.3 Å². The molecule has 0 atom stereocenters. The number of halogens is 5. The number of nitriles is 1. The van der Waals surface area contributed by atoms with Crippen LogP contribution in [0.2, 0.25) is 0 Å². The molecule has 0 radical (unpaired) electrons. The molecule has 8 heteroatoms. The Balaban J connectivity index is 1.77. The van der Waals surface area contributed by atoms with E-state index in [4.69, 9.17) is 5.26 Å². The summed E-state index contributed by atoms with van der Waals surface area (Å²) in [5.74, 6) is 3.69. The molecule has 3 aromatic rings. The number of thiocyanates is 1. The van der Waals surface area contributed by atoms with Crippen molar-refractivity contribution in [3.8, 4) is 34.1 Å². The molecule has 0 aliphatic heterocycles. The molecule has 3 aromatic carbocycles. The zero-order valence-corrected chi connectivity index (χ0v) is 15.7. The van der Waals surface area contributed by atoms with Gasteiger partial charge in [-0.05, 0) is 65.9 Å². The van der Waals surface area contributed by atoms with Crippen molar-refractivity contribution in [2.24, 2.45) is 0 Å². The predicted molar refractivity (Wildman–Crippen MR) is 102 cm³/mol. The molecule has 0 saturated heterocycles. The molecule has 0 saturated carbocycles. The molecule has 0 aromatic heterocycles. The first kappa shape index (κ1) is 21.2. The van der Waals surface area contributed by atoms with Crippen LogP contribution in [0.25, 0.3) is 11.1 Å². The lowest BCUT2D eigenvalue weighted by Gasteiger charge is -2.08. The van der Waals surface area contributed by atoms with Crippen LogP contribution in [-0.4, -0.2) is 6.36 Å². The quantitative estimate of drug-likeness (QED) is 0.205. The van der Waals surface area contributed by atoms with Gasteiger partial charge in [0.05, 0.1) is 5.56 Å². The van der Waals surface area contributed by atoms with Crippen molar-refractivity contribution in [3.05, 3.63) is 83.4 Å². The third-order valence-electron chi connectivity index (χ3n) is 3.79. The molecule has 0 aliphatic rings. The topological polar surface area (TPSA) is 33.0 Å². The Hall–Kier alpha value is -3.49. The summed E-state index contributed by atoms with van der Waals surface area (Å²) in [4.78, 5) is 0.172. The predicted octanol–water partition coefficient (Wildman–Crippen LogP) is 6.50. The largest absolute Gasteiger partial charge is 0.573 e. The maximum Gasteiger partial charge on any atom is 0.573 e. The zero-order valence-electron chi connectivity index (χ0n) is 14.9. The summed E-state index contributed by atoms with van der Waals surface area (Å²) in [6, 6.07) is 13.4. The van der Waals surface area contributed by atoms with E-state index >= 15 is 0 Å². The SMILES string of the molecule is N#CSc1cc(F)c(-c2ccc(C#Cc3ccc(OC(F)(F)F)cc3)cc2)c(F)c1. The van der Waals surface area contributed by atoms with Crippen LogP contribution in [0.4, 0.5) is 22.0 Å². The number of ether oxygens (including phenoxy) is 1. The van der Waals surface area contributed by atoms with Gasteiger partial charge in [-0.25, -0.2) is 8.78 Å². The summed E-state index contributed by atoms with van der Waals surface area (Å²) in [5.41, 5.74) is 1.11. The van der Waals surface area contributed by atoms with Crippen LogP contribution in [0.1, 0.15) is 11.1 Å². The summed E-state index contributed by atoms with van der Waals surface area (Å²) in [5, 5.41) is 10.4. The van der Waals surface area contributed by atoms with Crippen molar-refractivity contribution in [2.75, 3.05) is 0 Å². The average Bonchev–Trinajstić information content (AvgIpc) is 2.67. The number of benzene rings is 3. The zero-order chi connectivity index (χ0) is 21.7. The fourth-order valence-corrected chi connectivity index (χ4v) is 2.97. The van der Waals surface area contributed by atoms with E-state index in [1.165, 1.54) is 24.3 Å². The second-order valence-electron chi connectivity index (χ2n) is 5.85. The first-order valence-electron chi connectivity index (χ1n) is 8.28. The summed E-state index contributed by atoms with van der Waals surface area (Å²) < 4.78 is 68.8. The number of alkyl halides is 3. The maximum atomic E-state index is 14.3. The Labute approximate surface area is 172 Å². The van der Waals surface area contributed by atoms with Gasteiger partial charge in [0.2, 0.25) is 0 Å². The lowest BCUT2D eigenvalue weighted by molar-refractivity contribution is -0.274. The van der Waals surface area contributed by atoms with E-state index in [2.05, 4.69) is 16.6 Å². The highest BCUT2D eigenvalue weighted by molar-refractivity contribution is 8.03. The average molecular weight is 431 g/mol. The smallest absolute Gasteiger partial charge is 0.406 e. The Morgan fingerprint density at radius 1 is 0.800 bits per heavy atom. The van der Waals surface area contributed by atoms with Gasteiger partial charge >= 0.3 is 6.36 Å². The number of hydrogen-bond acceptors (Lipinski definition) is 3. The molecule has 2 nitrogen and oxygen atoms in total. The highest BCUT2D eigenvalue weighted by Crippen LogP contribution is 2.30. The summed E-state index contributed by atoms with van der Waals surface area (Å²) in [7, 11) is 0. The van der Waals surface area contributed by atoms with Crippen molar-refractivity contribution in [2.45, 2.75) is 11.3 Å². The second-order valence-corrected chi connectivity index (χ2v) is 6.71. The molecular formula is C22H10F5NOS. The van der Waals surface area contributed by atoms with Gasteiger partial charge in [-0.15, -0.1) is 13.2 Å². The van der Waals surface area contributed by atoms with Crippen LogP contribution in [0.3, 0.4) is 0 Å². The first-order chi connectivity index (χ1) is 14.2. The van der Waals surface area contributed by atoms with Crippen molar-refractivity contribution in [1.82, 2.24) is 0 Å². The van der Waals surface area contributed by atoms with E-state index in [1.807, 2.05) is 0 Å². The Bertz CT molecular complexity index is 1130. The van der Waals surface area contributed by atoms with E-state index in [0.29, 0.717) is 28.5 Å². The van der Waals surface area contributed by atoms with Gasteiger partial charge in [-0.1, -0.05) is 24.0 Å². The fraction of sp³-hybridized carbons (Fsp3) is 0.0455. The number of hydrogen-bond donors (Lipinski definition) is 0. The van der Waals surface area contributed by atoms with Gasteiger partial charge in [0.25, 0.3) is 0 Å². The van der Waals surface area contributed by atoms with Gasteiger partial charge in [-0.2, -0.15) is 5.26 Å². The van der Waals surface area contributed by atoms with Gasteiger partial charge in [-0.3, -0.25) is 0 Å². The van der Waals surface area contributed by atoms with Crippen LogP contribution in [0.15, 0.2) is 65.6 Å². The standard InChI is InChI=1S/C22H10F5NOS/c23-19-11-18(30-13-28)12-20(24)21(19)16-7-3-14(4-8-16)1-2-15-5-9-17(10-6-15)29-22(25,26)27/h3-12H. The lowest BCUT2D eigenvalue weighted by Crippen LogP contribution is -2.16. The third-order valence-corrected chi connectivity index (χ3v) is 4.35. The Kier molecular flexibility index (Phi) is 6.29. The molecule has 0 bridgehead atoms. The monoisotopic (exact) mass is 431 g/mol. The minimum atomic E-state index is -4.76. The van der Waals surface area contributed by atoms with E-state index in [9.17, 15) is 22.0 Å². The Morgan fingerprint density at radius 2 is 1.30 bits per heavy atom. The highest BCUT2D eigenvalue weighted by Gasteiger charge is 2.30. The summed E-state index contributed by atoms with van der Waals surface area (Å²) >= 11 is 0.662. The summed E-state index contributed by atoms with van der Waals surface area (Å²) in [6.45, 7) is 0. The number of nitrogens with zero attached hydrogens (tertiary/aromatic N) is 1. The van der Waals surface area contributed by atoms with Crippen LogP contribution in [0.5, 0.6) is 5.75 Å². The van der Waals surface area contributed by atoms with Crippen molar-refractivity contribution < 1.29 is 26.7 Å². The molecule has 30 heavy (non-hydrogen) atoms. The molecule has 3 rings (SSSR count). The van der Waals surface area contributed by atoms with Crippen LogP contribution < -0.4 is 4.74 Å². The van der Waals surface area contributed by atoms with Crippen molar-refractivity contribution in [1.29, 1.82) is 5.26 Å². The second kappa shape index (κ2) is 8.89. The highest BCUT2D eigenvalue weighted by atomic mass is 32.2. The maximum absolute atomic E-state index is 14.3. The van der Waals surface area contributed by atoms with Crippen molar-refractivity contribution >= 4 is 11.8 Å². The van der Waals surface area contributed by atoms with Crippen LogP contribution in [0, 0.1) is 34.1 Å². The number of rotatable bonds is 3. The lowest BCUT2D eigenvalue weighted by atomic mass is 10.0. The van der Waals surface area contributed by atoms with E-state index in [-0.39, 0.29) is 16.2 Å². The molecule has 0 heterocycles. The van der Waals surface area contributed by atoms with E-state index in [1.54, 1.807) is 17.5 Å². The van der Waals surface area contributed by atoms with Gasteiger partial charge in [0.1, 0.15) is 22.8 Å². The van der Waals surface area contributed by atoms with Crippen molar-refractivity contribution in [3.63, 3.8) is 0 Å². The van der Waals surface area contributed by atoms with Crippen LogP contribution in [-0.2, 0) is 0 Å². The molecule has 0 aliphatic carbocycles. The van der Waals surface area contributed by atoms with Gasteiger partial charge in [0.15, 0.2) is 0 Å². The van der Waals surface area contributed by atoms with Crippen LogP contribution >= 0.6 is 11.8 Å². The third kappa shape index (κ3) is 5.53. The fourth-order valence-electron chi connectivity index (χ4n) is 2.54. The van der Waals surface area contributed by atoms with Gasteiger partial charge in [0, 0.05) is 16.0 Å². The normalized spacial score (nSPS) is 10.7. The molecule has 0 N–H and O–H groups in total. The molecule has 0 fully saturated rings. The molecule has 150 valence electrons. The molecular weight excluding hydrogens is 421 g/mol. The summed E-state index contributed by atoms with van der Waals surface area (Å²) in [6.07, 6.45) is -4.76. The Morgan fingerprint density at radius 3 is 1.77 bits per heavy atom. The van der Waals surface area contributed by atoms with Gasteiger partial charge < -0.3 is 4.74 Å². The molecule has 0 spiro atoms. The molecule has 0 unspecified atom stereocenters. The molecule has 0 amide bonds. The minimum Gasteiger partial charge on any atom is -0.406 e. The number of thioether (sulfide) groups is 1. The minimum absolute atomic E-state index is 0.172.